The maximum Gasteiger partial charge on any atom is 0.282 e. The van der Waals surface area contributed by atoms with Crippen LogP contribution in [0, 0.1) is 6.92 Å². The molecule has 2 heterocycles. The van der Waals surface area contributed by atoms with Crippen LogP contribution in [-0.2, 0) is 9.59 Å². The molecule has 0 radical (unpaired) electrons. The lowest BCUT2D eigenvalue weighted by molar-refractivity contribution is -0.120. The van der Waals surface area contributed by atoms with Crippen molar-refractivity contribution in [1.82, 2.24) is 4.90 Å². The summed E-state index contributed by atoms with van der Waals surface area (Å²) in [5.41, 5.74) is 2.89. The van der Waals surface area contributed by atoms with E-state index < -0.39 is 0 Å². The highest BCUT2D eigenvalue weighted by Gasteiger charge is 2.43. The SMILES string of the molecule is CCOc1ccc(C2=C(N3CCCC3)C(=O)N(c3cccc(Cl)c3C)C2=O)cc1. The molecule has 5 nitrogen and oxygen atoms in total. The number of carbonyl (C=O) groups is 2. The molecule has 150 valence electrons. The van der Waals surface area contributed by atoms with E-state index in [1.165, 1.54) is 4.90 Å². The Balaban J connectivity index is 1.81. The van der Waals surface area contributed by atoms with E-state index in [0.717, 1.165) is 37.2 Å². The predicted octanol–water partition coefficient (Wildman–Crippen LogP) is 4.43. The van der Waals surface area contributed by atoms with E-state index in [4.69, 9.17) is 16.3 Å². The lowest BCUT2D eigenvalue weighted by Crippen LogP contribution is -2.35. The van der Waals surface area contributed by atoms with Crippen molar-refractivity contribution in [3.05, 3.63) is 64.3 Å². The fraction of sp³-hybridized carbons (Fsp3) is 0.304. The van der Waals surface area contributed by atoms with Gasteiger partial charge < -0.3 is 9.64 Å². The summed E-state index contributed by atoms with van der Waals surface area (Å²) in [5, 5.41) is 0.528. The van der Waals surface area contributed by atoms with Gasteiger partial charge in [0.2, 0.25) is 0 Å². The molecule has 0 bridgehead atoms. The van der Waals surface area contributed by atoms with Crippen molar-refractivity contribution in [3.63, 3.8) is 0 Å². The summed E-state index contributed by atoms with van der Waals surface area (Å²) >= 11 is 6.26. The average Bonchev–Trinajstić information content (AvgIpc) is 3.32. The third-order valence-electron chi connectivity index (χ3n) is 5.42. The van der Waals surface area contributed by atoms with Crippen LogP contribution < -0.4 is 9.64 Å². The van der Waals surface area contributed by atoms with Crippen molar-refractivity contribution in [2.45, 2.75) is 26.7 Å². The average molecular weight is 411 g/mol. The van der Waals surface area contributed by atoms with Crippen molar-refractivity contribution < 1.29 is 14.3 Å². The van der Waals surface area contributed by atoms with Crippen molar-refractivity contribution in [3.8, 4) is 5.75 Å². The van der Waals surface area contributed by atoms with Gasteiger partial charge in [-0.2, -0.15) is 0 Å². The molecule has 2 aliphatic heterocycles. The van der Waals surface area contributed by atoms with E-state index in [1.807, 2.05) is 43.0 Å². The standard InChI is InChI=1S/C23H23ClN2O3/c1-3-29-17-11-9-16(10-12-17)20-21(25-13-4-5-14-25)23(28)26(22(20)27)19-8-6-7-18(24)15(19)2/h6-12H,3-5,13-14H2,1-2H3. The zero-order valence-corrected chi connectivity index (χ0v) is 17.3. The Morgan fingerprint density at radius 2 is 1.69 bits per heavy atom. The van der Waals surface area contributed by atoms with Gasteiger partial charge in [-0.1, -0.05) is 29.8 Å². The van der Waals surface area contributed by atoms with Gasteiger partial charge in [-0.3, -0.25) is 9.59 Å². The summed E-state index contributed by atoms with van der Waals surface area (Å²) in [4.78, 5) is 30.3. The topological polar surface area (TPSA) is 49.9 Å². The summed E-state index contributed by atoms with van der Waals surface area (Å²) in [7, 11) is 0. The molecule has 0 saturated carbocycles. The van der Waals surface area contributed by atoms with E-state index in [-0.39, 0.29) is 11.8 Å². The van der Waals surface area contributed by atoms with E-state index in [2.05, 4.69) is 0 Å². The Morgan fingerprint density at radius 3 is 2.34 bits per heavy atom. The zero-order valence-electron chi connectivity index (χ0n) is 16.6. The largest absolute Gasteiger partial charge is 0.494 e. The van der Waals surface area contributed by atoms with Gasteiger partial charge in [0.15, 0.2) is 0 Å². The lowest BCUT2D eigenvalue weighted by Gasteiger charge is -2.21. The Morgan fingerprint density at radius 1 is 1.00 bits per heavy atom. The summed E-state index contributed by atoms with van der Waals surface area (Å²) in [6.45, 7) is 5.86. The minimum Gasteiger partial charge on any atom is -0.494 e. The van der Waals surface area contributed by atoms with Crippen LogP contribution in [0.1, 0.15) is 30.9 Å². The number of carbonyl (C=O) groups excluding carboxylic acids is 2. The molecule has 6 heteroatoms. The smallest absolute Gasteiger partial charge is 0.282 e. The number of ether oxygens (including phenoxy) is 1. The maximum absolute atomic E-state index is 13.5. The van der Waals surface area contributed by atoms with Gasteiger partial charge in [0, 0.05) is 18.1 Å². The number of amides is 2. The first-order valence-corrected chi connectivity index (χ1v) is 10.3. The highest BCUT2D eigenvalue weighted by atomic mass is 35.5. The number of rotatable bonds is 5. The second-order valence-electron chi connectivity index (χ2n) is 7.20. The number of halogens is 1. The molecule has 2 aromatic rings. The third kappa shape index (κ3) is 3.40. The van der Waals surface area contributed by atoms with Crippen LogP contribution in [-0.4, -0.2) is 36.4 Å². The molecule has 0 aromatic heterocycles. The molecule has 2 amide bonds. The summed E-state index contributed by atoms with van der Waals surface area (Å²) in [6, 6.07) is 12.6. The number of benzene rings is 2. The van der Waals surface area contributed by atoms with Gasteiger partial charge in [-0.25, -0.2) is 4.90 Å². The molecule has 0 spiro atoms. The Labute approximate surface area is 175 Å². The molecule has 0 N–H and O–H groups in total. The summed E-state index contributed by atoms with van der Waals surface area (Å²) in [6.07, 6.45) is 2.02. The van der Waals surface area contributed by atoms with E-state index in [9.17, 15) is 9.59 Å². The lowest BCUT2D eigenvalue weighted by atomic mass is 10.0. The number of nitrogens with zero attached hydrogens (tertiary/aromatic N) is 2. The van der Waals surface area contributed by atoms with Crippen LogP contribution in [0.15, 0.2) is 48.2 Å². The molecule has 0 atom stereocenters. The number of likely N-dealkylation sites (tertiary alicyclic amines) is 1. The van der Waals surface area contributed by atoms with Gasteiger partial charge in [-0.15, -0.1) is 0 Å². The molecule has 4 rings (SSSR count). The van der Waals surface area contributed by atoms with Crippen LogP contribution in [0.5, 0.6) is 5.75 Å². The molecule has 0 unspecified atom stereocenters. The quantitative estimate of drug-likeness (QED) is 0.684. The highest BCUT2D eigenvalue weighted by Crippen LogP contribution is 2.38. The van der Waals surface area contributed by atoms with Crippen LogP contribution in [0.3, 0.4) is 0 Å². The third-order valence-corrected chi connectivity index (χ3v) is 5.83. The van der Waals surface area contributed by atoms with Gasteiger partial charge >= 0.3 is 0 Å². The first kappa shape index (κ1) is 19.5. The molecule has 2 aromatic carbocycles. The second kappa shape index (κ2) is 7.91. The monoisotopic (exact) mass is 410 g/mol. The maximum atomic E-state index is 13.5. The van der Waals surface area contributed by atoms with E-state index in [1.54, 1.807) is 18.2 Å². The number of hydrogen-bond acceptors (Lipinski definition) is 4. The number of hydrogen-bond donors (Lipinski definition) is 0. The summed E-state index contributed by atoms with van der Waals surface area (Å²) in [5.74, 6) is 0.136. The number of anilines is 1. The Hall–Kier alpha value is -2.79. The van der Waals surface area contributed by atoms with Gasteiger partial charge in [-0.05, 0) is 62.1 Å². The highest BCUT2D eigenvalue weighted by molar-refractivity contribution is 6.46. The van der Waals surface area contributed by atoms with Gasteiger partial charge in [0.1, 0.15) is 11.4 Å². The molecule has 1 fully saturated rings. The van der Waals surface area contributed by atoms with Crippen molar-refractivity contribution in [2.75, 3.05) is 24.6 Å². The molecule has 0 aliphatic carbocycles. The first-order valence-electron chi connectivity index (χ1n) is 9.89. The van der Waals surface area contributed by atoms with Crippen molar-refractivity contribution >= 4 is 34.7 Å². The van der Waals surface area contributed by atoms with Crippen LogP contribution >= 0.6 is 11.6 Å². The Bertz CT molecular complexity index is 992. The molecule has 1 saturated heterocycles. The first-order chi connectivity index (χ1) is 14.0. The number of imide groups is 1. The minimum absolute atomic E-state index is 0.286. The van der Waals surface area contributed by atoms with Crippen LogP contribution in [0.25, 0.3) is 5.57 Å². The van der Waals surface area contributed by atoms with Gasteiger partial charge in [0.05, 0.1) is 17.9 Å². The molecular formula is C23H23ClN2O3. The van der Waals surface area contributed by atoms with Crippen LogP contribution in [0.4, 0.5) is 5.69 Å². The minimum atomic E-state index is -0.313. The zero-order chi connectivity index (χ0) is 20.5. The van der Waals surface area contributed by atoms with Gasteiger partial charge in [0.25, 0.3) is 11.8 Å². The predicted molar refractivity (Wildman–Crippen MR) is 114 cm³/mol. The molecule has 29 heavy (non-hydrogen) atoms. The molecular weight excluding hydrogens is 388 g/mol. The van der Waals surface area contributed by atoms with Crippen molar-refractivity contribution in [2.24, 2.45) is 0 Å². The second-order valence-corrected chi connectivity index (χ2v) is 7.61. The van der Waals surface area contributed by atoms with E-state index in [0.29, 0.717) is 34.2 Å². The summed E-state index contributed by atoms with van der Waals surface area (Å²) < 4.78 is 5.51. The molecule has 2 aliphatic rings. The van der Waals surface area contributed by atoms with E-state index >= 15 is 0 Å². The van der Waals surface area contributed by atoms with Crippen LogP contribution in [0.2, 0.25) is 5.02 Å². The fourth-order valence-corrected chi connectivity index (χ4v) is 4.12. The fourth-order valence-electron chi connectivity index (χ4n) is 3.95. The Kier molecular flexibility index (Phi) is 5.33. The normalized spacial score (nSPS) is 16.9. The van der Waals surface area contributed by atoms with Crippen molar-refractivity contribution in [1.29, 1.82) is 0 Å².